The molecule has 0 unspecified atom stereocenters. The second-order valence-corrected chi connectivity index (χ2v) is 13.0. The Morgan fingerprint density at radius 2 is 0.845 bits per heavy atom. The van der Waals surface area contributed by atoms with Crippen molar-refractivity contribution in [2.24, 2.45) is 0 Å². The fourth-order valence-corrected chi connectivity index (χ4v) is 6.63. The highest BCUT2D eigenvalue weighted by Gasteiger charge is 2.35. The first-order valence-corrected chi connectivity index (χ1v) is 17.5. The molecule has 288 valence electrons. The van der Waals surface area contributed by atoms with Crippen LogP contribution in [0, 0.1) is 5.82 Å². The Hall–Kier alpha value is -7.21. The summed E-state index contributed by atoms with van der Waals surface area (Å²) in [6, 6.07) is 36.6. The van der Waals surface area contributed by atoms with Gasteiger partial charge in [-0.1, -0.05) is 84.9 Å². The molecule has 0 radical (unpaired) electrons. The van der Waals surface area contributed by atoms with E-state index < -0.39 is 35.1 Å². The zero-order chi connectivity index (χ0) is 41.2. The van der Waals surface area contributed by atoms with Crippen molar-refractivity contribution in [1.82, 2.24) is 9.97 Å². The number of ketones is 2. The van der Waals surface area contributed by atoms with Gasteiger partial charge >= 0.3 is 12.4 Å². The molecule has 2 heterocycles. The van der Waals surface area contributed by atoms with Crippen LogP contribution in [0.4, 0.5) is 36.4 Å². The lowest BCUT2D eigenvalue weighted by atomic mass is 9.91. The lowest BCUT2D eigenvalue weighted by molar-refractivity contribution is -0.137. The van der Waals surface area contributed by atoms with Gasteiger partial charge < -0.3 is 5.73 Å². The molecule has 58 heavy (non-hydrogen) atoms. The molecule has 0 saturated carbocycles. The summed E-state index contributed by atoms with van der Waals surface area (Å²) in [6.45, 7) is 0. The van der Waals surface area contributed by atoms with E-state index in [9.17, 15) is 40.3 Å². The second-order valence-electron chi connectivity index (χ2n) is 13.0. The lowest BCUT2D eigenvalue weighted by Gasteiger charge is -2.15. The summed E-state index contributed by atoms with van der Waals surface area (Å²) < 4.78 is 94.1. The van der Waals surface area contributed by atoms with Crippen molar-refractivity contribution in [3.05, 3.63) is 197 Å². The molecule has 0 spiro atoms. The van der Waals surface area contributed by atoms with E-state index in [-0.39, 0.29) is 44.3 Å². The van der Waals surface area contributed by atoms with Gasteiger partial charge in [-0.25, -0.2) is 4.39 Å². The summed E-state index contributed by atoms with van der Waals surface area (Å²) >= 11 is 0. The van der Waals surface area contributed by atoms with Gasteiger partial charge in [-0.05, 0) is 71.8 Å². The Bertz CT molecular complexity index is 2590. The number of hydrogen-bond donors (Lipinski definition) is 1. The maximum absolute atomic E-state index is 13.5. The molecule has 2 N–H and O–H groups in total. The first-order chi connectivity index (χ1) is 27.7. The van der Waals surface area contributed by atoms with Crippen LogP contribution in [0.5, 0.6) is 0 Å². The molecule has 0 bridgehead atoms. The number of anilines is 1. The number of halogens is 7. The molecule has 0 atom stereocenters. The molecular weight excluding hydrogens is 760 g/mol. The van der Waals surface area contributed by atoms with Crippen LogP contribution in [0.25, 0.3) is 44.1 Å². The summed E-state index contributed by atoms with van der Waals surface area (Å²) in [5.41, 5.74) is 7.06. The molecule has 0 amide bonds. The molecule has 5 nitrogen and oxygen atoms in total. The van der Waals surface area contributed by atoms with Crippen molar-refractivity contribution >= 4 is 39.1 Å². The standard InChI is InChI=1S/C23H13F4NO.C23H15F3N2O/c24-16-11-9-15(10-12-16)22(29)18-13-28-21-17(7-4-8-19(21)23(25,26)27)20(18)14-5-2-1-3-6-14;24-23(25,26)19-8-4-7-17-20(14-5-2-1-3-6-14)18(13-28-21(17)19)22(29)15-9-11-16(27)12-10-15/h1-13H;1-13H,27H2. The van der Waals surface area contributed by atoms with Gasteiger partial charge in [0.1, 0.15) is 5.82 Å². The number of carbonyl (C=O) groups excluding carboxylic acids is 2. The van der Waals surface area contributed by atoms with Crippen molar-refractivity contribution in [2.75, 3.05) is 5.73 Å². The fraction of sp³-hybridized carbons (Fsp3) is 0.0435. The Balaban J connectivity index is 0.000000177. The Morgan fingerprint density at radius 3 is 1.22 bits per heavy atom. The molecule has 8 rings (SSSR count). The molecule has 0 aliphatic heterocycles. The molecular formula is C46H28F7N3O2. The highest BCUT2D eigenvalue weighted by molar-refractivity contribution is 6.18. The Morgan fingerprint density at radius 1 is 0.466 bits per heavy atom. The predicted molar refractivity (Wildman–Crippen MR) is 208 cm³/mol. The van der Waals surface area contributed by atoms with E-state index in [1.165, 1.54) is 36.5 Å². The van der Waals surface area contributed by atoms with Gasteiger partial charge in [-0.15, -0.1) is 0 Å². The summed E-state index contributed by atoms with van der Waals surface area (Å²) in [7, 11) is 0. The number of nitrogens with zero attached hydrogens (tertiary/aromatic N) is 2. The van der Waals surface area contributed by atoms with Gasteiger partial charge in [0.25, 0.3) is 0 Å². The number of rotatable bonds is 6. The van der Waals surface area contributed by atoms with E-state index in [0.29, 0.717) is 33.5 Å². The summed E-state index contributed by atoms with van der Waals surface area (Å²) in [5, 5.41) is 0.492. The number of nitrogen functional groups attached to an aromatic ring is 1. The van der Waals surface area contributed by atoms with E-state index in [4.69, 9.17) is 5.73 Å². The quantitative estimate of drug-likeness (QED) is 0.103. The van der Waals surface area contributed by atoms with Crippen LogP contribution in [0.2, 0.25) is 0 Å². The average Bonchev–Trinajstić information content (AvgIpc) is 3.22. The van der Waals surface area contributed by atoms with Crippen molar-refractivity contribution < 1.29 is 40.3 Å². The third-order valence-electron chi connectivity index (χ3n) is 9.30. The average molecular weight is 788 g/mol. The third kappa shape index (κ3) is 7.90. The Labute approximate surface area is 326 Å². The third-order valence-corrected chi connectivity index (χ3v) is 9.30. The highest BCUT2D eigenvalue weighted by Crippen LogP contribution is 2.40. The molecule has 12 heteroatoms. The SMILES string of the molecule is Nc1ccc(C(=O)c2cnc3c(C(F)(F)F)cccc3c2-c2ccccc2)cc1.O=C(c1ccc(F)cc1)c1cnc2c(C(F)(F)F)cccc2c1-c1ccccc1. The van der Waals surface area contributed by atoms with E-state index >= 15 is 0 Å². The van der Waals surface area contributed by atoms with Crippen LogP contribution < -0.4 is 5.73 Å². The van der Waals surface area contributed by atoms with Crippen LogP contribution in [0.1, 0.15) is 43.0 Å². The van der Waals surface area contributed by atoms with Crippen molar-refractivity contribution in [3.8, 4) is 22.3 Å². The zero-order valence-electron chi connectivity index (χ0n) is 29.9. The number of pyridine rings is 2. The van der Waals surface area contributed by atoms with E-state index in [1.807, 2.05) is 0 Å². The molecule has 0 aliphatic carbocycles. The number of carbonyl (C=O) groups is 2. The van der Waals surface area contributed by atoms with Crippen LogP contribution in [-0.4, -0.2) is 21.5 Å². The number of aromatic nitrogens is 2. The molecule has 8 aromatic rings. The smallest absolute Gasteiger partial charge is 0.399 e. The van der Waals surface area contributed by atoms with Gasteiger partial charge in [-0.2, -0.15) is 26.3 Å². The van der Waals surface area contributed by atoms with Crippen molar-refractivity contribution in [2.45, 2.75) is 12.4 Å². The largest absolute Gasteiger partial charge is 0.418 e. The van der Waals surface area contributed by atoms with Gasteiger partial charge in [0, 0.05) is 62.2 Å². The number of fused-ring (bicyclic) bond motifs is 2. The van der Waals surface area contributed by atoms with Crippen molar-refractivity contribution in [1.29, 1.82) is 0 Å². The first kappa shape index (κ1) is 39.0. The number of alkyl halides is 6. The minimum atomic E-state index is -4.58. The van der Waals surface area contributed by atoms with Crippen molar-refractivity contribution in [3.63, 3.8) is 0 Å². The second kappa shape index (κ2) is 15.7. The van der Waals surface area contributed by atoms with Gasteiger partial charge in [-0.3, -0.25) is 19.6 Å². The fourth-order valence-electron chi connectivity index (χ4n) is 6.63. The molecule has 0 aliphatic rings. The molecule has 6 aromatic carbocycles. The van der Waals surface area contributed by atoms with Crippen LogP contribution in [-0.2, 0) is 12.4 Å². The van der Waals surface area contributed by atoms with Crippen LogP contribution >= 0.6 is 0 Å². The normalized spacial score (nSPS) is 11.6. The van der Waals surface area contributed by atoms with Gasteiger partial charge in [0.2, 0.25) is 0 Å². The first-order valence-electron chi connectivity index (χ1n) is 17.5. The van der Waals surface area contributed by atoms with Crippen LogP contribution in [0.3, 0.4) is 0 Å². The summed E-state index contributed by atoms with van der Waals surface area (Å²) in [5.74, 6) is -1.28. The molecule has 2 aromatic heterocycles. The minimum Gasteiger partial charge on any atom is -0.399 e. The highest BCUT2D eigenvalue weighted by atomic mass is 19.4. The zero-order valence-corrected chi connectivity index (χ0v) is 29.9. The lowest BCUT2D eigenvalue weighted by Crippen LogP contribution is -2.09. The monoisotopic (exact) mass is 787 g/mol. The van der Waals surface area contributed by atoms with E-state index in [1.54, 1.807) is 91.0 Å². The molecule has 0 saturated heterocycles. The van der Waals surface area contributed by atoms with E-state index in [0.717, 1.165) is 30.5 Å². The van der Waals surface area contributed by atoms with E-state index in [2.05, 4.69) is 9.97 Å². The Kier molecular flexibility index (Phi) is 10.6. The minimum absolute atomic E-state index is 0.148. The summed E-state index contributed by atoms with van der Waals surface area (Å²) in [4.78, 5) is 34.3. The number of para-hydroxylation sites is 2. The summed E-state index contributed by atoms with van der Waals surface area (Å²) in [6.07, 6.45) is -6.75. The predicted octanol–water partition coefficient (Wildman–Crippen LogP) is 12.0. The van der Waals surface area contributed by atoms with Crippen LogP contribution in [0.15, 0.2) is 158 Å². The number of nitrogens with two attached hydrogens (primary N) is 1. The topological polar surface area (TPSA) is 85.9 Å². The maximum Gasteiger partial charge on any atom is 0.418 e. The number of benzene rings is 6. The molecule has 0 fully saturated rings. The maximum atomic E-state index is 13.5. The number of hydrogen-bond acceptors (Lipinski definition) is 5. The van der Waals surface area contributed by atoms with Gasteiger partial charge in [0.05, 0.1) is 22.2 Å². The van der Waals surface area contributed by atoms with Gasteiger partial charge in [0.15, 0.2) is 11.6 Å².